The number of ether oxygens (including phenoxy) is 1. The highest BCUT2D eigenvalue weighted by Crippen LogP contribution is 2.58. The Labute approximate surface area is 157 Å². The van der Waals surface area contributed by atoms with Crippen LogP contribution in [0.1, 0.15) is 41.6 Å². The molecule has 1 unspecified atom stereocenters. The Hall–Kier alpha value is -1.36. The van der Waals surface area contributed by atoms with Crippen molar-refractivity contribution >= 4 is 33.7 Å². The quantitative estimate of drug-likeness (QED) is 0.757. The van der Waals surface area contributed by atoms with E-state index >= 15 is 0 Å². The first-order valence-corrected chi connectivity index (χ1v) is 9.83. The molecule has 1 aliphatic heterocycles. The van der Waals surface area contributed by atoms with Crippen LogP contribution in [0, 0.1) is 5.41 Å². The molecule has 0 amide bonds. The first-order valence-electron chi connectivity index (χ1n) is 8.63. The number of hydrogen-bond donors (Lipinski definition) is 0. The smallest absolute Gasteiger partial charge is 0.179 e. The number of nitrogens with zero attached hydrogens (tertiary/aromatic N) is 1. The highest BCUT2D eigenvalue weighted by molar-refractivity contribution is 7.18. The van der Waals surface area contributed by atoms with E-state index in [-0.39, 0.29) is 11.2 Å². The molecule has 4 rings (SSSR count). The standard InChI is InChI=1S/C20H22ClNO2S/c1-19(2)18(23)17-15(12-16(25-17)22-8-10-24-11-9-22)20(19,3)13-4-6-14(21)7-5-13/h4-7,12H,8-11H2,1-3H3. The fraction of sp³-hybridized carbons (Fsp3) is 0.450. The maximum absolute atomic E-state index is 13.2. The van der Waals surface area contributed by atoms with E-state index in [1.807, 2.05) is 12.1 Å². The minimum absolute atomic E-state index is 0.240. The Morgan fingerprint density at radius 1 is 1.12 bits per heavy atom. The molecule has 1 atom stereocenters. The van der Waals surface area contributed by atoms with Crippen molar-refractivity contribution in [2.45, 2.75) is 26.2 Å². The second-order valence-corrected chi connectivity index (χ2v) is 8.98. The molecule has 1 saturated heterocycles. The average Bonchev–Trinajstić information content (AvgIpc) is 3.11. The Morgan fingerprint density at radius 3 is 2.40 bits per heavy atom. The highest BCUT2D eigenvalue weighted by Gasteiger charge is 2.57. The molecule has 0 saturated carbocycles. The minimum Gasteiger partial charge on any atom is -0.378 e. The van der Waals surface area contributed by atoms with E-state index in [9.17, 15) is 4.79 Å². The predicted molar refractivity (Wildman–Crippen MR) is 103 cm³/mol. The van der Waals surface area contributed by atoms with Gasteiger partial charge in [-0.05, 0) is 29.3 Å². The maximum atomic E-state index is 13.2. The Morgan fingerprint density at radius 2 is 1.76 bits per heavy atom. The number of anilines is 1. The average molecular weight is 376 g/mol. The zero-order chi connectivity index (χ0) is 17.8. The number of fused-ring (bicyclic) bond motifs is 1. The first-order chi connectivity index (χ1) is 11.9. The summed E-state index contributed by atoms with van der Waals surface area (Å²) >= 11 is 7.72. The van der Waals surface area contributed by atoms with Gasteiger partial charge in [0.15, 0.2) is 5.78 Å². The normalized spacial score (nSPS) is 25.3. The molecule has 5 heteroatoms. The van der Waals surface area contributed by atoms with Crippen LogP contribution in [0.2, 0.25) is 5.02 Å². The molecule has 2 heterocycles. The number of carbonyl (C=O) groups excluding carboxylic acids is 1. The highest BCUT2D eigenvalue weighted by atomic mass is 35.5. The molecule has 0 bridgehead atoms. The molecule has 3 nitrogen and oxygen atoms in total. The Balaban J connectivity index is 1.84. The van der Waals surface area contributed by atoms with Crippen molar-refractivity contribution in [3.63, 3.8) is 0 Å². The molecule has 1 aliphatic carbocycles. The van der Waals surface area contributed by atoms with E-state index in [4.69, 9.17) is 16.3 Å². The van der Waals surface area contributed by atoms with Crippen molar-refractivity contribution in [3.8, 4) is 0 Å². The number of benzene rings is 1. The largest absolute Gasteiger partial charge is 0.378 e. The van der Waals surface area contributed by atoms with Gasteiger partial charge in [-0.25, -0.2) is 0 Å². The molecular weight excluding hydrogens is 354 g/mol. The van der Waals surface area contributed by atoms with Gasteiger partial charge in [-0.3, -0.25) is 4.79 Å². The van der Waals surface area contributed by atoms with Crippen LogP contribution < -0.4 is 4.90 Å². The van der Waals surface area contributed by atoms with Gasteiger partial charge in [-0.1, -0.05) is 44.5 Å². The van der Waals surface area contributed by atoms with Crippen LogP contribution in [0.3, 0.4) is 0 Å². The zero-order valence-electron chi connectivity index (χ0n) is 14.8. The molecular formula is C20H22ClNO2S. The van der Waals surface area contributed by atoms with Crippen LogP contribution in [0.25, 0.3) is 0 Å². The third-order valence-electron chi connectivity index (χ3n) is 6.03. The number of Topliss-reactive ketones (excluding diaryl/α,β-unsaturated/α-hetero) is 1. The first kappa shape index (κ1) is 17.1. The monoisotopic (exact) mass is 375 g/mol. The minimum atomic E-state index is -0.481. The summed E-state index contributed by atoms with van der Waals surface area (Å²) in [6.45, 7) is 9.57. The molecule has 1 aromatic heterocycles. The number of morpholine rings is 1. The lowest BCUT2D eigenvalue weighted by atomic mass is 9.63. The van der Waals surface area contributed by atoms with Gasteiger partial charge in [0.2, 0.25) is 0 Å². The molecule has 2 aromatic rings. The second kappa shape index (κ2) is 5.83. The molecule has 1 aromatic carbocycles. The molecule has 25 heavy (non-hydrogen) atoms. The van der Waals surface area contributed by atoms with E-state index in [2.05, 4.69) is 43.9 Å². The van der Waals surface area contributed by atoms with Crippen molar-refractivity contribution < 1.29 is 9.53 Å². The van der Waals surface area contributed by atoms with Gasteiger partial charge < -0.3 is 9.64 Å². The molecule has 132 valence electrons. The number of halogens is 1. The second-order valence-electron chi connectivity index (χ2n) is 7.51. The van der Waals surface area contributed by atoms with E-state index in [1.54, 1.807) is 11.3 Å². The van der Waals surface area contributed by atoms with Gasteiger partial charge >= 0.3 is 0 Å². The van der Waals surface area contributed by atoms with Gasteiger partial charge in [0.1, 0.15) is 0 Å². The Kier molecular flexibility index (Phi) is 3.98. The SMILES string of the molecule is CC1(C)C(=O)c2sc(N3CCOCC3)cc2C1(C)c1ccc(Cl)cc1. The summed E-state index contributed by atoms with van der Waals surface area (Å²) in [5.41, 5.74) is 1.45. The van der Waals surface area contributed by atoms with E-state index in [1.165, 1.54) is 5.00 Å². The summed E-state index contributed by atoms with van der Waals surface area (Å²) in [6.07, 6.45) is 0. The van der Waals surface area contributed by atoms with Gasteiger partial charge in [0, 0.05) is 28.9 Å². The fourth-order valence-corrected chi connectivity index (χ4v) is 5.55. The van der Waals surface area contributed by atoms with Crippen LogP contribution in [-0.2, 0) is 10.2 Å². The van der Waals surface area contributed by atoms with Crippen LogP contribution in [0.15, 0.2) is 30.3 Å². The number of carbonyl (C=O) groups is 1. The lowest BCUT2D eigenvalue weighted by Crippen LogP contribution is -2.40. The number of hydrogen-bond acceptors (Lipinski definition) is 4. The molecule has 0 N–H and O–H groups in total. The molecule has 2 aliphatic rings. The topological polar surface area (TPSA) is 29.5 Å². The van der Waals surface area contributed by atoms with Crippen molar-refractivity contribution in [3.05, 3.63) is 51.4 Å². The predicted octanol–water partition coefficient (Wildman–Crippen LogP) is 4.77. The third kappa shape index (κ3) is 2.38. The fourth-order valence-electron chi connectivity index (χ4n) is 4.00. The van der Waals surface area contributed by atoms with Crippen LogP contribution in [-0.4, -0.2) is 32.1 Å². The van der Waals surface area contributed by atoms with Crippen molar-refractivity contribution in [2.75, 3.05) is 31.2 Å². The Bertz CT molecular complexity index is 821. The van der Waals surface area contributed by atoms with Gasteiger partial charge in [-0.2, -0.15) is 0 Å². The third-order valence-corrected chi connectivity index (χ3v) is 7.47. The lowest BCUT2D eigenvalue weighted by molar-refractivity contribution is 0.0798. The summed E-state index contributed by atoms with van der Waals surface area (Å²) < 4.78 is 5.46. The van der Waals surface area contributed by atoms with Gasteiger partial charge in [-0.15, -0.1) is 11.3 Å². The van der Waals surface area contributed by atoms with Gasteiger partial charge in [0.25, 0.3) is 0 Å². The number of thiophene rings is 1. The molecule has 0 spiro atoms. The summed E-state index contributed by atoms with van der Waals surface area (Å²) in [4.78, 5) is 16.4. The number of ketones is 1. The van der Waals surface area contributed by atoms with Crippen molar-refractivity contribution in [1.82, 2.24) is 0 Å². The van der Waals surface area contributed by atoms with E-state index in [0.29, 0.717) is 5.02 Å². The molecule has 1 fully saturated rings. The van der Waals surface area contributed by atoms with Crippen molar-refractivity contribution in [2.24, 2.45) is 5.41 Å². The zero-order valence-corrected chi connectivity index (χ0v) is 16.3. The number of rotatable bonds is 2. The summed E-state index contributed by atoms with van der Waals surface area (Å²) in [7, 11) is 0. The van der Waals surface area contributed by atoms with Crippen LogP contribution in [0.4, 0.5) is 5.00 Å². The lowest BCUT2D eigenvalue weighted by Gasteiger charge is -2.38. The summed E-state index contributed by atoms with van der Waals surface area (Å²) in [5, 5.41) is 1.89. The maximum Gasteiger partial charge on any atom is 0.179 e. The van der Waals surface area contributed by atoms with Crippen molar-refractivity contribution in [1.29, 1.82) is 0 Å². The van der Waals surface area contributed by atoms with E-state index < -0.39 is 5.41 Å². The van der Waals surface area contributed by atoms with Gasteiger partial charge in [0.05, 0.1) is 23.1 Å². The summed E-state index contributed by atoms with van der Waals surface area (Å²) in [5.74, 6) is 0.240. The van der Waals surface area contributed by atoms with Crippen LogP contribution >= 0.6 is 22.9 Å². The summed E-state index contributed by atoms with van der Waals surface area (Å²) in [6, 6.07) is 10.2. The molecule has 0 radical (unpaired) electrons. The van der Waals surface area contributed by atoms with Crippen LogP contribution in [0.5, 0.6) is 0 Å². The van der Waals surface area contributed by atoms with E-state index in [0.717, 1.165) is 42.3 Å².